The van der Waals surface area contributed by atoms with E-state index in [1.807, 2.05) is 0 Å². The highest BCUT2D eigenvalue weighted by Gasteiger charge is 2.27. The second kappa shape index (κ2) is 7.66. The molecule has 1 heterocycles. The lowest BCUT2D eigenvalue weighted by Gasteiger charge is -2.34. The summed E-state index contributed by atoms with van der Waals surface area (Å²) in [6, 6.07) is 5.74. The molecule has 1 aromatic carbocycles. The summed E-state index contributed by atoms with van der Waals surface area (Å²) in [5.41, 5.74) is 0.584. The number of benzene rings is 1. The van der Waals surface area contributed by atoms with E-state index in [9.17, 15) is 14.9 Å². The molecule has 126 valence electrons. The largest absolute Gasteiger partial charge is 0.352 e. The van der Waals surface area contributed by atoms with Gasteiger partial charge in [-0.15, -0.1) is 0 Å². The molecule has 0 saturated carbocycles. The number of nitro benzene ring substituents is 1. The molecule has 6 heteroatoms. The molecule has 6 nitrogen and oxygen atoms in total. The highest BCUT2D eigenvalue weighted by Crippen LogP contribution is 2.25. The van der Waals surface area contributed by atoms with Crippen LogP contribution >= 0.6 is 0 Å². The van der Waals surface area contributed by atoms with Gasteiger partial charge in [0.15, 0.2) is 12.1 Å². The van der Waals surface area contributed by atoms with E-state index in [4.69, 9.17) is 9.47 Å². The standard InChI is InChI=1S/C17H23NO5/c1-17(2)11-22-16(23-12-17)6-4-3-5-15(19)13-7-9-14(10-8-13)18(20)21/h7-10,16H,3-6,11-12H2,1-2H3. The quantitative estimate of drug-likeness (QED) is 0.331. The number of nitrogens with zero attached hydrogens (tertiary/aromatic N) is 1. The van der Waals surface area contributed by atoms with E-state index in [-0.39, 0.29) is 23.2 Å². The van der Waals surface area contributed by atoms with Crippen molar-refractivity contribution in [3.05, 3.63) is 39.9 Å². The zero-order chi connectivity index (χ0) is 16.9. The van der Waals surface area contributed by atoms with Gasteiger partial charge in [0.2, 0.25) is 0 Å². The van der Waals surface area contributed by atoms with E-state index in [0.717, 1.165) is 19.3 Å². The van der Waals surface area contributed by atoms with Crippen LogP contribution in [0.3, 0.4) is 0 Å². The number of non-ortho nitro benzene ring substituents is 1. The van der Waals surface area contributed by atoms with E-state index >= 15 is 0 Å². The Morgan fingerprint density at radius 3 is 2.39 bits per heavy atom. The van der Waals surface area contributed by atoms with Gasteiger partial charge in [0.25, 0.3) is 5.69 Å². The average Bonchev–Trinajstić information content (AvgIpc) is 2.52. The van der Waals surface area contributed by atoms with Crippen molar-refractivity contribution in [1.82, 2.24) is 0 Å². The molecule has 0 amide bonds. The van der Waals surface area contributed by atoms with Crippen LogP contribution in [0, 0.1) is 15.5 Å². The fourth-order valence-corrected chi connectivity index (χ4v) is 2.40. The molecule has 0 aliphatic carbocycles. The van der Waals surface area contributed by atoms with Crippen LogP contribution in [0.2, 0.25) is 0 Å². The van der Waals surface area contributed by atoms with Gasteiger partial charge in [0, 0.05) is 29.5 Å². The van der Waals surface area contributed by atoms with E-state index in [1.165, 1.54) is 24.3 Å². The van der Waals surface area contributed by atoms with Gasteiger partial charge in [-0.25, -0.2) is 0 Å². The predicted molar refractivity (Wildman–Crippen MR) is 85.4 cm³/mol. The number of ether oxygens (including phenoxy) is 2. The number of nitro groups is 1. The van der Waals surface area contributed by atoms with Gasteiger partial charge in [-0.3, -0.25) is 14.9 Å². The molecule has 0 bridgehead atoms. The van der Waals surface area contributed by atoms with Crippen LogP contribution in [0.15, 0.2) is 24.3 Å². The van der Waals surface area contributed by atoms with Crippen LogP contribution < -0.4 is 0 Å². The molecule has 1 aromatic rings. The lowest BCUT2D eigenvalue weighted by atomic mass is 9.95. The molecular weight excluding hydrogens is 298 g/mol. The molecule has 0 N–H and O–H groups in total. The summed E-state index contributed by atoms with van der Waals surface area (Å²) in [5.74, 6) is 0.00603. The van der Waals surface area contributed by atoms with Crippen molar-refractivity contribution in [1.29, 1.82) is 0 Å². The van der Waals surface area contributed by atoms with Gasteiger partial charge in [-0.2, -0.15) is 0 Å². The summed E-state index contributed by atoms with van der Waals surface area (Å²) in [5, 5.41) is 10.6. The van der Waals surface area contributed by atoms with E-state index in [2.05, 4.69) is 13.8 Å². The van der Waals surface area contributed by atoms with Crippen molar-refractivity contribution < 1.29 is 19.2 Å². The second-order valence-electron chi connectivity index (χ2n) is 6.69. The summed E-state index contributed by atoms with van der Waals surface area (Å²) >= 11 is 0. The number of hydrogen-bond donors (Lipinski definition) is 0. The minimum atomic E-state index is -0.473. The Balaban J connectivity index is 1.68. The number of Topliss-reactive ketones (excluding diaryl/α,β-unsaturated/α-hetero) is 1. The Kier molecular flexibility index (Phi) is 5.85. The summed E-state index contributed by atoms with van der Waals surface area (Å²) in [6.45, 7) is 5.59. The number of ketones is 1. The third kappa shape index (κ3) is 5.41. The number of unbranched alkanes of at least 4 members (excludes halogenated alkanes) is 1. The highest BCUT2D eigenvalue weighted by molar-refractivity contribution is 5.96. The molecule has 0 spiro atoms. The molecule has 2 rings (SSSR count). The number of rotatable bonds is 7. The number of hydrogen-bond acceptors (Lipinski definition) is 5. The van der Waals surface area contributed by atoms with Crippen molar-refractivity contribution in [2.75, 3.05) is 13.2 Å². The molecule has 1 aliphatic rings. The first-order valence-corrected chi connectivity index (χ1v) is 7.88. The molecule has 1 fully saturated rings. The van der Waals surface area contributed by atoms with Crippen LogP contribution in [0.25, 0.3) is 0 Å². The van der Waals surface area contributed by atoms with Crippen molar-refractivity contribution >= 4 is 11.5 Å². The monoisotopic (exact) mass is 321 g/mol. The van der Waals surface area contributed by atoms with Crippen molar-refractivity contribution in [3.8, 4) is 0 Å². The molecule has 0 aromatic heterocycles. The van der Waals surface area contributed by atoms with Crippen molar-refractivity contribution in [3.63, 3.8) is 0 Å². The fourth-order valence-electron chi connectivity index (χ4n) is 2.40. The Bertz CT molecular complexity index is 543. The zero-order valence-electron chi connectivity index (χ0n) is 13.6. The topological polar surface area (TPSA) is 78.7 Å². The maximum Gasteiger partial charge on any atom is 0.269 e. The first-order valence-electron chi connectivity index (χ1n) is 7.88. The second-order valence-corrected chi connectivity index (χ2v) is 6.69. The molecule has 0 atom stereocenters. The van der Waals surface area contributed by atoms with Crippen molar-refractivity contribution in [2.24, 2.45) is 5.41 Å². The van der Waals surface area contributed by atoms with Crippen molar-refractivity contribution in [2.45, 2.75) is 45.8 Å². The average molecular weight is 321 g/mol. The summed E-state index contributed by atoms with van der Waals surface area (Å²) in [6.07, 6.45) is 2.64. The van der Waals surface area contributed by atoms with Crippen LogP contribution in [-0.4, -0.2) is 30.2 Å². The van der Waals surface area contributed by atoms with Gasteiger partial charge in [-0.05, 0) is 31.4 Å². The Labute approximate surface area is 135 Å². The smallest absolute Gasteiger partial charge is 0.269 e. The van der Waals surface area contributed by atoms with E-state index in [0.29, 0.717) is 25.2 Å². The first kappa shape index (κ1) is 17.6. The van der Waals surface area contributed by atoms with Gasteiger partial charge < -0.3 is 9.47 Å². The minimum Gasteiger partial charge on any atom is -0.352 e. The molecule has 0 radical (unpaired) electrons. The Morgan fingerprint density at radius 2 is 1.83 bits per heavy atom. The Morgan fingerprint density at radius 1 is 1.22 bits per heavy atom. The Hall–Kier alpha value is -1.79. The lowest BCUT2D eigenvalue weighted by molar-refractivity contribution is -0.384. The molecule has 1 saturated heterocycles. The summed E-state index contributed by atoms with van der Waals surface area (Å²) < 4.78 is 11.3. The highest BCUT2D eigenvalue weighted by atomic mass is 16.7. The maximum atomic E-state index is 12.0. The predicted octanol–water partition coefficient (Wildman–Crippen LogP) is 3.74. The lowest BCUT2D eigenvalue weighted by Crippen LogP contribution is -2.37. The molecule has 1 aliphatic heterocycles. The van der Waals surface area contributed by atoms with Gasteiger partial charge in [-0.1, -0.05) is 13.8 Å². The zero-order valence-corrected chi connectivity index (χ0v) is 13.6. The molecule has 23 heavy (non-hydrogen) atoms. The number of carbonyl (C=O) groups excluding carboxylic acids is 1. The maximum absolute atomic E-state index is 12.0. The van der Waals surface area contributed by atoms with Crippen LogP contribution in [-0.2, 0) is 9.47 Å². The SMILES string of the molecule is CC1(C)COC(CCCCC(=O)c2ccc([N+](=O)[O-])cc2)OC1. The summed E-state index contributed by atoms with van der Waals surface area (Å²) in [4.78, 5) is 22.1. The summed E-state index contributed by atoms with van der Waals surface area (Å²) in [7, 11) is 0. The van der Waals surface area contributed by atoms with Crippen LogP contribution in [0.4, 0.5) is 5.69 Å². The molecule has 0 unspecified atom stereocenters. The van der Waals surface area contributed by atoms with Gasteiger partial charge in [0.05, 0.1) is 18.1 Å². The minimum absolute atomic E-state index is 0.00364. The fraction of sp³-hybridized carbons (Fsp3) is 0.588. The van der Waals surface area contributed by atoms with E-state index < -0.39 is 4.92 Å². The van der Waals surface area contributed by atoms with Gasteiger partial charge in [0.1, 0.15) is 0 Å². The van der Waals surface area contributed by atoms with Crippen LogP contribution in [0.1, 0.15) is 49.9 Å². The normalized spacial score (nSPS) is 17.8. The molecular formula is C17H23NO5. The van der Waals surface area contributed by atoms with E-state index in [1.54, 1.807) is 0 Å². The third-order valence-electron chi connectivity index (χ3n) is 3.81. The number of carbonyl (C=O) groups is 1. The van der Waals surface area contributed by atoms with Crippen LogP contribution in [0.5, 0.6) is 0 Å². The first-order chi connectivity index (χ1) is 10.9. The van der Waals surface area contributed by atoms with Gasteiger partial charge >= 0.3 is 0 Å². The third-order valence-corrected chi connectivity index (χ3v) is 3.81.